The zero-order valence-corrected chi connectivity index (χ0v) is 12.8. The number of aromatic nitrogens is 2. The summed E-state index contributed by atoms with van der Waals surface area (Å²) in [6.45, 7) is 4.72. The number of nitrogens with zero attached hydrogens (tertiary/aromatic N) is 2. The van der Waals surface area contributed by atoms with Crippen LogP contribution in [0, 0.1) is 0 Å². The molecule has 2 amide bonds. The molecule has 2 N–H and O–H groups in total. The van der Waals surface area contributed by atoms with E-state index in [9.17, 15) is 9.59 Å². The molecule has 0 aliphatic carbocycles. The fourth-order valence-corrected chi connectivity index (χ4v) is 1.95. The van der Waals surface area contributed by atoms with Crippen LogP contribution in [0.25, 0.3) is 0 Å². The van der Waals surface area contributed by atoms with E-state index in [1.807, 2.05) is 13.8 Å². The van der Waals surface area contributed by atoms with E-state index in [1.165, 1.54) is 0 Å². The van der Waals surface area contributed by atoms with Gasteiger partial charge in [-0.2, -0.15) is 5.10 Å². The standard InChI is InChI=1S/C15H20N4O3/c1-3-6-13(20)17-12-10-19(4-2)18-14(12)15(21)16-9-11-7-5-8-22-11/h5,7-8,10H,3-4,6,9H2,1-2H3,(H,16,21)(H,17,20). The highest BCUT2D eigenvalue weighted by atomic mass is 16.3. The average molecular weight is 304 g/mol. The molecule has 0 bridgehead atoms. The maximum Gasteiger partial charge on any atom is 0.274 e. The first kappa shape index (κ1) is 15.8. The second-order valence-electron chi connectivity index (χ2n) is 4.81. The molecule has 0 aliphatic rings. The highest BCUT2D eigenvalue weighted by molar-refractivity contribution is 6.02. The molecule has 0 atom stereocenters. The van der Waals surface area contributed by atoms with E-state index in [4.69, 9.17) is 4.42 Å². The topological polar surface area (TPSA) is 89.2 Å². The van der Waals surface area contributed by atoms with Crippen molar-refractivity contribution in [3.05, 3.63) is 36.0 Å². The van der Waals surface area contributed by atoms with Gasteiger partial charge in [0.1, 0.15) is 5.76 Å². The Morgan fingerprint density at radius 3 is 2.82 bits per heavy atom. The number of hydrogen-bond donors (Lipinski definition) is 2. The maximum atomic E-state index is 12.2. The molecule has 2 aromatic rings. The molecular weight excluding hydrogens is 284 g/mol. The van der Waals surface area contributed by atoms with E-state index in [0.717, 1.165) is 6.42 Å². The lowest BCUT2D eigenvalue weighted by atomic mass is 10.3. The lowest BCUT2D eigenvalue weighted by Crippen LogP contribution is -2.25. The molecule has 0 aliphatic heterocycles. The number of nitrogens with one attached hydrogen (secondary N) is 2. The third kappa shape index (κ3) is 3.97. The summed E-state index contributed by atoms with van der Waals surface area (Å²) >= 11 is 0. The van der Waals surface area contributed by atoms with Gasteiger partial charge >= 0.3 is 0 Å². The van der Waals surface area contributed by atoms with Gasteiger partial charge in [-0.15, -0.1) is 0 Å². The van der Waals surface area contributed by atoms with Crippen LogP contribution in [0.15, 0.2) is 29.0 Å². The van der Waals surface area contributed by atoms with Crippen molar-refractivity contribution in [2.75, 3.05) is 5.32 Å². The van der Waals surface area contributed by atoms with Crippen LogP contribution in [0.3, 0.4) is 0 Å². The number of rotatable bonds is 7. The van der Waals surface area contributed by atoms with Gasteiger partial charge in [-0.05, 0) is 25.5 Å². The highest BCUT2D eigenvalue weighted by Crippen LogP contribution is 2.15. The fraction of sp³-hybridized carbons (Fsp3) is 0.400. The SMILES string of the molecule is CCCC(=O)Nc1cn(CC)nc1C(=O)NCc1ccco1. The molecule has 0 fully saturated rings. The highest BCUT2D eigenvalue weighted by Gasteiger charge is 2.18. The lowest BCUT2D eigenvalue weighted by molar-refractivity contribution is -0.116. The van der Waals surface area contributed by atoms with Crippen molar-refractivity contribution in [2.45, 2.75) is 39.8 Å². The predicted octanol–water partition coefficient (Wildman–Crippen LogP) is 2.16. The quantitative estimate of drug-likeness (QED) is 0.820. The third-order valence-corrected chi connectivity index (χ3v) is 3.06. The Labute approximate surface area is 128 Å². The van der Waals surface area contributed by atoms with Crippen LogP contribution < -0.4 is 10.6 Å². The minimum absolute atomic E-state index is 0.127. The van der Waals surface area contributed by atoms with Gasteiger partial charge in [-0.25, -0.2) is 0 Å². The number of anilines is 1. The Morgan fingerprint density at radius 1 is 1.36 bits per heavy atom. The summed E-state index contributed by atoms with van der Waals surface area (Å²) in [6, 6.07) is 3.53. The van der Waals surface area contributed by atoms with Crippen LogP contribution in [0.1, 0.15) is 42.9 Å². The van der Waals surface area contributed by atoms with Crippen molar-refractivity contribution in [1.82, 2.24) is 15.1 Å². The van der Waals surface area contributed by atoms with E-state index >= 15 is 0 Å². The number of carbonyl (C=O) groups is 2. The molecule has 2 heterocycles. The minimum Gasteiger partial charge on any atom is -0.467 e. The molecule has 2 aromatic heterocycles. The molecule has 22 heavy (non-hydrogen) atoms. The van der Waals surface area contributed by atoms with Crippen LogP contribution in [0.2, 0.25) is 0 Å². The first-order chi connectivity index (χ1) is 10.6. The maximum absolute atomic E-state index is 12.2. The van der Waals surface area contributed by atoms with Crippen molar-refractivity contribution < 1.29 is 14.0 Å². The smallest absolute Gasteiger partial charge is 0.274 e. The molecule has 7 nitrogen and oxygen atoms in total. The van der Waals surface area contributed by atoms with Crippen LogP contribution in [0.5, 0.6) is 0 Å². The Kier molecular flexibility index (Phi) is 5.35. The van der Waals surface area contributed by atoms with Crippen molar-refractivity contribution >= 4 is 17.5 Å². The van der Waals surface area contributed by atoms with Crippen LogP contribution in [-0.2, 0) is 17.9 Å². The number of furan rings is 1. The van der Waals surface area contributed by atoms with Crippen LogP contribution in [0.4, 0.5) is 5.69 Å². The zero-order chi connectivity index (χ0) is 15.9. The number of aryl methyl sites for hydroxylation is 1. The van der Waals surface area contributed by atoms with Crippen molar-refractivity contribution in [3.8, 4) is 0 Å². The molecule has 7 heteroatoms. The third-order valence-electron chi connectivity index (χ3n) is 3.06. The average Bonchev–Trinajstić information content (AvgIpc) is 3.14. The second-order valence-corrected chi connectivity index (χ2v) is 4.81. The molecular formula is C15H20N4O3. The largest absolute Gasteiger partial charge is 0.467 e. The van der Waals surface area contributed by atoms with Gasteiger partial charge in [0.2, 0.25) is 5.91 Å². The molecule has 2 rings (SSSR count). The van der Waals surface area contributed by atoms with E-state index in [-0.39, 0.29) is 24.1 Å². The van der Waals surface area contributed by atoms with Gasteiger partial charge in [0.05, 0.1) is 18.5 Å². The van der Waals surface area contributed by atoms with E-state index < -0.39 is 0 Å². The second kappa shape index (κ2) is 7.44. The summed E-state index contributed by atoms with van der Waals surface area (Å²) in [5.41, 5.74) is 0.634. The van der Waals surface area contributed by atoms with Gasteiger partial charge in [-0.1, -0.05) is 6.92 Å². The van der Waals surface area contributed by atoms with Gasteiger partial charge in [0.15, 0.2) is 5.69 Å². The van der Waals surface area contributed by atoms with E-state index in [1.54, 1.807) is 29.3 Å². The summed E-state index contributed by atoms with van der Waals surface area (Å²) in [7, 11) is 0. The number of amides is 2. The molecule has 118 valence electrons. The molecule has 0 saturated heterocycles. The zero-order valence-electron chi connectivity index (χ0n) is 12.8. The summed E-state index contributed by atoms with van der Waals surface area (Å²) in [6.07, 6.45) is 4.36. The van der Waals surface area contributed by atoms with E-state index in [0.29, 0.717) is 24.4 Å². The molecule has 0 radical (unpaired) electrons. The normalized spacial score (nSPS) is 10.5. The van der Waals surface area contributed by atoms with Crippen molar-refractivity contribution in [2.24, 2.45) is 0 Å². The molecule has 0 spiro atoms. The van der Waals surface area contributed by atoms with Gasteiger partial charge in [0, 0.05) is 19.2 Å². The Bertz CT molecular complexity index is 631. The Hall–Kier alpha value is -2.57. The number of hydrogen-bond acceptors (Lipinski definition) is 4. The predicted molar refractivity (Wildman–Crippen MR) is 81.3 cm³/mol. The summed E-state index contributed by atoms with van der Waals surface area (Å²) < 4.78 is 6.78. The first-order valence-electron chi connectivity index (χ1n) is 7.31. The van der Waals surface area contributed by atoms with E-state index in [2.05, 4.69) is 15.7 Å². The fourth-order valence-electron chi connectivity index (χ4n) is 1.95. The Balaban J connectivity index is 2.08. The summed E-state index contributed by atoms with van der Waals surface area (Å²) in [4.78, 5) is 24.0. The van der Waals surface area contributed by atoms with Crippen molar-refractivity contribution in [1.29, 1.82) is 0 Å². The molecule has 0 saturated carbocycles. The van der Waals surface area contributed by atoms with Gasteiger partial charge in [0.25, 0.3) is 5.91 Å². The molecule has 0 unspecified atom stereocenters. The van der Waals surface area contributed by atoms with Crippen LogP contribution >= 0.6 is 0 Å². The Morgan fingerprint density at radius 2 is 2.18 bits per heavy atom. The first-order valence-corrected chi connectivity index (χ1v) is 7.31. The van der Waals surface area contributed by atoms with Gasteiger partial charge < -0.3 is 15.1 Å². The molecule has 0 aromatic carbocycles. The monoisotopic (exact) mass is 304 g/mol. The van der Waals surface area contributed by atoms with Gasteiger partial charge in [-0.3, -0.25) is 14.3 Å². The minimum atomic E-state index is -0.351. The summed E-state index contributed by atoms with van der Waals surface area (Å²) in [5, 5.41) is 9.66. The van der Waals surface area contributed by atoms with Crippen LogP contribution in [-0.4, -0.2) is 21.6 Å². The lowest BCUT2D eigenvalue weighted by Gasteiger charge is -2.05. The number of carbonyl (C=O) groups excluding carboxylic acids is 2. The van der Waals surface area contributed by atoms with Crippen molar-refractivity contribution in [3.63, 3.8) is 0 Å². The summed E-state index contributed by atoms with van der Waals surface area (Å²) in [5.74, 6) is 0.175.